The van der Waals surface area contributed by atoms with E-state index in [1.54, 1.807) is 24.0 Å². The molecule has 2 atom stereocenters. The Morgan fingerprint density at radius 1 is 1.03 bits per heavy atom. The van der Waals surface area contributed by atoms with Crippen LogP contribution in [0, 0.1) is 0 Å². The highest BCUT2D eigenvalue weighted by Crippen LogP contribution is 2.43. The number of fused-ring (bicyclic) bond motifs is 2. The van der Waals surface area contributed by atoms with Gasteiger partial charge in [-0.25, -0.2) is 0 Å². The number of halogens is 1. The molecule has 0 saturated heterocycles. The summed E-state index contributed by atoms with van der Waals surface area (Å²) in [7, 11) is 2.02. The summed E-state index contributed by atoms with van der Waals surface area (Å²) in [5.74, 6) is 0.588. The number of carbonyl (C=O) groups excluding carboxylic acids is 2. The number of anilines is 3. The molecule has 0 radical (unpaired) electrons. The number of likely N-dealkylation sites (N-methyl/N-ethyl adjacent to an activating group) is 1. The Hall–Kier alpha value is -3.51. The predicted octanol–water partition coefficient (Wildman–Crippen LogP) is 5.70. The highest BCUT2D eigenvalue weighted by atomic mass is 35.5. The molecule has 0 fully saturated rings. The fourth-order valence-corrected chi connectivity index (χ4v) is 5.27. The van der Waals surface area contributed by atoms with Crippen LogP contribution in [0.25, 0.3) is 0 Å². The Morgan fingerprint density at radius 3 is 2.51 bits per heavy atom. The zero-order valence-electron chi connectivity index (χ0n) is 20.1. The maximum atomic E-state index is 13.8. The minimum absolute atomic E-state index is 0.0601. The molecule has 2 aliphatic rings. The van der Waals surface area contributed by atoms with Crippen LogP contribution in [-0.2, 0) is 4.79 Å². The lowest BCUT2D eigenvalue weighted by Gasteiger charge is -2.43. The summed E-state index contributed by atoms with van der Waals surface area (Å²) in [6.45, 7) is 5.02. The van der Waals surface area contributed by atoms with Crippen molar-refractivity contribution in [2.24, 2.45) is 0 Å². The Labute approximate surface area is 210 Å². The van der Waals surface area contributed by atoms with Gasteiger partial charge in [0.15, 0.2) is 0 Å². The van der Waals surface area contributed by atoms with Crippen LogP contribution in [0.2, 0.25) is 5.02 Å². The normalized spacial score (nSPS) is 18.9. The fourth-order valence-electron chi connectivity index (χ4n) is 5.15. The topological polar surface area (TPSA) is 53.1 Å². The molecule has 2 amide bonds. The lowest BCUT2D eigenvalue weighted by Crippen LogP contribution is -2.47. The molecule has 2 heterocycles. The number of nitrogens with zero attached hydrogens (tertiary/aromatic N) is 3. The average Bonchev–Trinajstić information content (AvgIpc) is 2.85. The SMILES string of the molecule is CC(=O)N(c1ccc(Cl)cc1)[C@@H]1C[C@H](C)N(C(=O)c2ccc3c(c2)OCCN3C)c2ccccc21. The van der Waals surface area contributed by atoms with Crippen molar-refractivity contribution >= 4 is 40.5 Å². The molecule has 0 spiro atoms. The molecule has 3 aromatic carbocycles. The quantitative estimate of drug-likeness (QED) is 0.473. The average molecular weight is 490 g/mol. The van der Waals surface area contributed by atoms with Crippen molar-refractivity contribution in [3.8, 4) is 5.75 Å². The first-order chi connectivity index (χ1) is 16.8. The summed E-state index contributed by atoms with van der Waals surface area (Å²) in [6.07, 6.45) is 0.606. The first kappa shape index (κ1) is 23.2. The highest BCUT2D eigenvalue weighted by Gasteiger charge is 2.38. The van der Waals surface area contributed by atoms with Crippen molar-refractivity contribution in [1.29, 1.82) is 0 Å². The van der Waals surface area contributed by atoms with Gasteiger partial charge in [-0.15, -0.1) is 0 Å². The van der Waals surface area contributed by atoms with Crippen LogP contribution >= 0.6 is 11.6 Å². The maximum Gasteiger partial charge on any atom is 0.258 e. The monoisotopic (exact) mass is 489 g/mol. The zero-order valence-corrected chi connectivity index (χ0v) is 20.8. The van der Waals surface area contributed by atoms with E-state index in [4.69, 9.17) is 16.3 Å². The Kier molecular flexibility index (Phi) is 6.15. The van der Waals surface area contributed by atoms with E-state index in [0.717, 1.165) is 34.9 Å². The van der Waals surface area contributed by atoms with Crippen molar-refractivity contribution in [3.63, 3.8) is 0 Å². The van der Waals surface area contributed by atoms with Gasteiger partial charge in [-0.2, -0.15) is 0 Å². The van der Waals surface area contributed by atoms with E-state index in [2.05, 4.69) is 4.90 Å². The van der Waals surface area contributed by atoms with Gasteiger partial charge < -0.3 is 19.4 Å². The van der Waals surface area contributed by atoms with E-state index in [-0.39, 0.29) is 23.9 Å². The lowest BCUT2D eigenvalue weighted by molar-refractivity contribution is -0.117. The summed E-state index contributed by atoms with van der Waals surface area (Å²) in [5, 5.41) is 0.617. The van der Waals surface area contributed by atoms with Crippen LogP contribution in [0.1, 0.15) is 42.2 Å². The molecule has 0 saturated carbocycles. The molecular formula is C28H28ClN3O3. The number of rotatable bonds is 3. The molecule has 180 valence electrons. The van der Waals surface area contributed by atoms with Crippen LogP contribution in [0.3, 0.4) is 0 Å². The van der Waals surface area contributed by atoms with Gasteiger partial charge in [0.25, 0.3) is 5.91 Å². The molecule has 0 N–H and O–H groups in total. The number of carbonyl (C=O) groups is 2. The minimum atomic E-state index is -0.204. The molecule has 35 heavy (non-hydrogen) atoms. The molecule has 0 bridgehead atoms. The van der Waals surface area contributed by atoms with Crippen LogP contribution in [0.5, 0.6) is 5.75 Å². The summed E-state index contributed by atoms with van der Waals surface area (Å²) in [5.41, 5.74) is 4.11. The van der Waals surface area contributed by atoms with E-state index < -0.39 is 0 Å². The van der Waals surface area contributed by atoms with E-state index in [1.165, 1.54) is 0 Å². The molecule has 6 nitrogen and oxygen atoms in total. The molecular weight excluding hydrogens is 462 g/mol. The summed E-state index contributed by atoms with van der Waals surface area (Å²) in [6, 6.07) is 20.5. The van der Waals surface area contributed by atoms with E-state index >= 15 is 0 Å². The van der Waals surface area contributed by atoms with Crippen molar-refractivity contribution in [1.82, 2.24) is 0 Å². The van der Waals surface area contributed by atoms with Gasteiger partial charge in [0.05, 0.1) is 18.3 Å². The molecule has 3 aromatic rings. The van der Waals surface area contributed by atoms with Crippen molar-refractivity contribution in [2.45, 2.75) is 32.4 Å². The van der Waals surface area contributed by atoms with Gasteiger partial charge in [-0.05, 0) is 67.4 Å². The van der Waals surface area contributed by atoms with Crippen LogP contribution in [-0.4, -0.2) is 38.1 Å². The minimum Gasteiger partial charge on any atom is -0.490 e. The van der Waals surface area contributed by atoms with Crippen LogP contribution in [0.15, 0.2) is 66.7 Å². The first-order valence-electron chi connectivity index (χ1n) is 11.8. The Morgan fingerprint density at radius 2 is 1.77 bits per heavy atom. The van der Waals surface area contributed by atoms with Crippen molar-refractivity contribution in [3.05, 3.63) is 82.9 Å². The molecule has 7 heteroatoms. The number of para-hydroxylation sites is 1. The third-order valence-corrected chi connectivity index (χ3v) is 7.09. The summed E-state index contributed by atoms with van der Waals surface area (Å²) < 4.78 is 5.83. The van der Waals surface area contributed by atoms with E-state index in [1.807, 2.05) is 73.5 Å². The zero-order chi connectivity index (χ0) is 24.7. The van der Waals surface area contributed by atoms with Gasteiger partial charge in [0.1, 0.15) is 12.4 Å². The number of hydrogen-bond donors (Lipinski definition) is 0. The van der Waals surface area contributed by atoms with Crippen molar-refractivity contribution in [2.75, 3.05) is 34.9 Å². The van der Waals surface area contributed by atoms with Crippen LogP contribution < -0.4 is 19.4 Å². The number of amides is 2. The van der Waals surface area contributed by atoms with Gasteiger partial charge in [0, 0.05) is 42.0 Å². The van der Waals surface area contributed by atoms with Gasteiger partial charge in [-0.3, -0.25) is 9.59 Å². The standard InChI is InChI=1S/C28H28ClN3O3/c1-18-16-26(32(19(2)33)22-11-9-21(29)10-12-22)23-6-4-5-7-24(23)31(18)28(34)20-8-13-25-27(17-20)35-15-14-30(25)3/h4-13,17-18,26H,14-16H2,1-3H3/t18-,26+/m0/s1. The van der Waals surface area contributed by atoms with Crippen LogP contribution in [0.4, 0.5) is 17.1 Å². The second-order valence-corrected chi connectivity index (χ2v) is 9.59. The largest absolute Gasteiger partial charge is 0.490 e. The maximum absolute atomic E-state index is 13.8. The van der Waals surface area contributed by atoms with Crippen molar-refractivity contribution < 1.29 is 14.3 Å². The van der Waals surface area contributed by atoms with E-state index in [0.29, 0.717) is 23.6 Å². The predicted molar refractivity (Wildman–Crippen MR) is 140 cm³/mol. The van der Waals surface area contributed by atoms with E-state index in [9.17, 15) is 9.59 Å². The fraction of sp³-hybridized carbons (Fsp3) is 0.286. The van der Waals surface area contributed by atoms with Gasteiger partial charge in [0.2, 0.25) is 5.91 Å². The number of benzene rings is 3. The van der Waals surface area contributed by atoms with Gasteiger partial charge in [-0.1, -0.05) is 29.8 Å². The molecule has 5 rings (SSSR count). The Balaban J connectivity index is 1.53. The van der Waals surface area contributed by atoms with Gasteiger partial charge >= 0.3 is 0 Å². The Bertz CT molecular complexity index is 1280. The first-order valence-corrected chi connectivity index (χ1v) is 12.2. The summed E-state index contributed by atoms with van der Waals surface area (Å²) >= 11 is 6.09. The second kappa shape index (κ2) is 9.27. The number of ether oxygens (including phenoxy) is 1. The highest BCUT2D eigenvalue weighted by molar-refractivity contribution is 6.30. The summed E-state index contributed by atoms with van der Waals surface area (Å²) in [4.78, 5) is 32.4. The molecule has 0 aromatic heterocycles. The third-order valence-electron chi connectivity index (χ3n) is 6.84. The molecule has 0 aliphatic carbocycles. The lowest BCUT2D eigenvalue weighted by atomic mass is 9.89. The molecule has 0 unspecified atom stereocenters. The second-order valence-electron chi connectivity index (χ2n) is 9.15. The number of hydrogen-bond acceptors (Lipinski definition) is 4. The third kappa shape index (κ3) is 4.23. The molecule has 2 aliphatic heterocycles. The smallest absolute Gasteiger partial charge is 0.258 e.